The molecular formula is C20H32N2O2. The Morgan fingerprint density at radius 2 is 1.67 bits per heavy atom. The number of hydrogen-bond acceptors (Lipinski definition) is 3. The van der Waals surface area contributed by atoms with Gasteiger partial charge in [0.05, 0.1) is 0 Å². The Labute approximate surface area is 146 Å². The normalized spacial score (nSPS) is 9.38. The van der Waals surface area contributed by atoms with Crippen molar-refractivity contribution in [2.45, 2.75) is 40.5 Å². The van der Waals surface area contributed by atoms with Crippen molar-refractivity contribution >= 4 is 16.7 Å². The van der Waals surface area contributed by atoms with Crippen molar-refractivity contribution in [2.24, 2.45) is 0 Å². The van der Waals surface area contributed by atoms with E-state index in [4.69, 9.17) is 0 Å². The number of fused-ring (bicyclic) bond motifs is 1. The quantitative estimate of drug-likeness (QED) is 0.690. The van der Waals surface area contributed by atoms with E-state index in [1.807, 2.05) is 52.9 Å². The van der Waals surface area contributed by atoms with Crippen LogP contribution in [0.4, 0.5) is 0 Å². The van der Waals surface area contributed by atoms with Gasteiger partial charge in [0.1, 0.15) is 5.75 Å². The van der Waals surface area contributed by atoms with Gasteiger partial charge in [-0.3, -0.25) is 4.79 Å². The number of hydrogen-bond donors (Lipinski definition) is 3. The van der Waals surface area contributed by atoms with E-state index in [2.05, 4.69) is 10.6 Å². The van der Waals surface area contributed by atoms with Crippen LogP contribution in [-0.2, 0) is 0 Å². The molecule has 0 atom stereocenters. The molecule has 24 heavy (non-hydrogen) atoms. The third-order valence-corrected chi connectivity index (χ3v) is 3.25. The van der Waals surface area contributed by atoms with Crippen LogP contribution in [0.5, 0.6) is 5.75 Å². The Morgan fingerprint density at radius 1 is 1.00 bits per heavy atom. The molecule has 0 bridgehead atoms. The summed E-state index contributed by atoms with van der Waals surface area (Å²) in [6.45, 7) is 9.64. The Morgan fingerprint density at radius 3 is 2.33 bits per heavy atom. The molecule has 0 spiro atoms. The molecule has 2 aromatic rings. The molecule has 4 heteroatoms. The zero-order chi connectivity index (χ0) is 18.4. The van der Waals surface area contributed by atoms with Crippen LogP contribution in [0.15, 0.2) is 36.4 Å². The van der Waals surface area contributed by atoms with Crippen molar-refractivity contribution < 1.29 is 9.90 Å². The smallest absolute Gasteiger partial charge is 0.251 e. The molecule has 4 nitrogen and oxygen atoms in total. The van der Waals surface area contributed by atoms with Crippen LogP contribution in [0, 0.1) is 0 Å². The monoisotopic (exact) mass is 332 g/mol. The number of amides is 1. The number of phenolic OH excluding ortho intramolecular Hbond substituents is 1. The number of phenols is 1. The Balaban J connectivity index is 0.00000123. The summed E-state index contributed by atoms with van der Waals surface area (Å²) in [6, 6.07) is 10.6. The third-order valence-electron chi connectivity index (χ3n) is 3.25. The maximum absolute atomic E-state index is 12.2. The maximum Gasteiger partial charge on any atom is 0.251 e. The Bertz CT molecular complexity index is 597. The fourth-order valence-corrected chi connectivity index (χ4v) is 2.19. The first kappa shape index (κ1) is 21.9. The highest BCUT2D eigenvalue weighted by molar-refractivity contribution is 6.07. The average molecular weight is 332 g/mol. The fraction of sp³-hybridized carbons (Fsp3) is 0.450. The standard InChI is InChI=1S/C16H20N2O2.2C2H6/c1-17-9-2-3-10-18-16(20)15-6-4-5-12-11-13(19)7-8-14(12)15;2*1-2/h4-8,11,17,19H,2-3,9-10H2,1H3,(H,18,20);2*1-2H3. The van der Waals surface area contributed by atoms with Crippen LogP contribution in [0.3, 0.4) is 0 Å². The fourth-order valence-electron chi connectivity index (χ4n) is 2.19. The molecule has 134 valence electrons. The van der Waals surface area contributed by atoms with Crippen LogP contribution >= 0.6 is 0 Å². The number of benzene rings is 2. The topological polar surface area (TPSA) is 61.4 Å². The number of carbonyl (C=O) groups excluding carboxylic acids is 1. The molecule has 0 saturated carbocycles. The van der Waals surface area contributed by atoms with E-state index in [0.29, 0.717) is 12.1 Å². The third kappa shape index (κ3) is 7.01. The molecular weight excluding hydrogens is 300 g/mol. The zero-order valence-electron chi connectivity index (χ0n) is 15.6. The van der Waals surface area contributed by atoms with E-state index in [1.165, 1.54) is 0 Å². The van der Waals surface area contributed by atoms with Gasteiger partial charge in [0.25, 0.3) is 5.91 Å². The molecule has 0 radical (unpaired) electrons. The Kier molecular flexibility index (Phi) is 12.2. The van der Waals surface area contributed by atoms with Gasteiger partial charge in [-0.15, -0.1) is 0 Å². The number of rotatable bonds is 6. The predicted octanol–water partition coefficient (Wildman–Crippen LogP) is 4.33. The summed E-state index contributed by atoms with van der Waals surface area (Å²) < 4.78 is 0. The Hall–Kier alpha value is -2.07. The molecule has 0 aliphatic carbocycles. The summed E-state index contributed by atoms with van der Waals surface area (Å²) >= 11 is 0. The van der Waals surface area contributed by atoms with E-state index in [0.717, 1.165) is 30.2 Å². The molecule has 0 heterocycles. The minimum absolute atomic E-state index is 0.0641. The van der Waals surface area contributed by atoms with E-state index in [1.54, 1.807) is 18.2 Å². The summed E-state index contributed by atoms with van der Waals surface area (Å²) in [5.41, 5.74) is 0.649. The van der Waals surface area contributed by atoms with Crippen molar-refractivity contribution in [2.75, 3.05) is 20.1 Å². The van der Waals surface area contributed by atoms with Gasteiger partial charge in [-0.2, -0.15) is 0 Å². The van der Waals surface area contributed by atoms with Crippen LogP contribution < -0.4 is 10.6 Å². The summed E-state index contributed by atoms with van der Waals surface area (Å²) in [5, 5.41) is 17.2. The second kappa shape index (κ2) is 13.4. The van der Waals surface area contributed by atoms with Gasteiger partial charge in [0.2, 0.25) is 0 Å². The SMILES string of the molecule is CC.CC.CNCCCCNC(=O)c1cccc2cc(O)ccc12. The highest BCUT2D eigenvalue weighted by Crippen LogP contribution is 2.23. The number of nitrogens with one attached hydrogen (secondary N) is 2. The highest BCUT2D eigenvalue weighted by Gasteiger charge is 2.09. The molecule has 0 aliphatic heterocycles. The molecule has 0 saturated heterocycles. The van der Waals surface area contributed by atoms with Crippen LogP contribution in [0.2, 0.25) is 0 Å². The minimum Gasteiger partial charge on any atom is -0.508 e. The first-order chi connectivity index (χ1) is 11.7. The first-order valence-corrected chi connectivity index (χ1v) is 8.87. The molecule has 2 aromatic carbocycles. The first-order valence-electron chi connectivity index (χ1n) is 8.87. The van der Waals surface area contributed by atoms with Crippen molar-refractivity contribution in [1.82, 2.24) is 10.6 Å². The van der Waals surface area contributed by atoms with Crippen molar-refractivity contribution in [3.8, 4) is 5.75 Å². The van der Waals surface area contributed by atoms with Gasteiger partial charge in [-0.05, 0) is 61.5 Å². The lowest BCUT2D eigenvalue weighted by atomic mass is 10.0. The largest absolute Gasteiger partial charge is 0.508 e. The summed E-state index contributed by atoms with van der Waals surface area (Å²) in [4.78, 5) is 12.2. The molecule has 0 unspecified atom stereocenters. The predicted molar refractivity (Wildman–Crippen MR) is 104 cm³/mol. The van der Waals surface area contributed by atoms with Crippen molar-refractivity contribution in [3.05, 3.63) is 42.0 Å². The van der Waals surface area contributed by atoms with E-state index >= 15 is 0 Å². The maximum atomic E-state index is 12.2. The lowest BCUT2D eigenvalue weighted by Gasteiger charge is -2.08. The summed E-state index contributed by atoms with van der Waals surface area (Å²) in [7, 11) is 1.92. The molecule has 3 N–H and O–H groups in total. The second-order valence-corrected chi connectivity index (χ2v) is 4.78. The van der Waals surface area contributed by atoms with Gasteiger partial charge in [0, 0.05) is 12.1 Å². The summed E-state index contributed by atoms with van der Waals surface area (Å²) in [6.07, 6.45) is 2.00. The number of unbranched alkanes of at least 4 members (excludes halogenated alkanes) is 1. The van der Waals surface area contributed by atoms with Gasteiger partial charge < -0.3 is 15.7 Å². The second-order valence-electron chi connectivity index (χ2n) is 4.78. The minimum atomic E-state index is -0.0641. The molecule has 0 fully saturated rings. The molecule has 0 aliphatic rings. The van der Waals surface area contributed by atoms with E-state index in [-0.39, 0.29) is 11.7 Å². The number of carbonyl (C=O) groups is 1. The molecule has 1 amide bonds. The van der Waals surface area contributed by atoms with Gasteiger partial charge >= 0.3 is 0 Å². The van der Waals surface area contributed by atoms with Crippen molar-refractivity contribution in [3.63, 3.8) is 0 Å². The average Bonchev–Trinajstić information content (AvgIpc) is 2.64. The molecule has 2 rings (SSSR count). The van der Waals surface area contributed by atoms with Crippen LogP contribution in [0.1, 0.15) is 50.9 Å². The summed E-state index contributed by atoms with van der Waals surface area (Å²) in [5.74, 6) is 0.146. The zero-order valence-corrected chi connectivity index (χ0v) is 15.6. The highest BCUT2D eigenvalue weighted by atomic mass is 16.3. The lowest BCUT2D eigenvalue weighted by molar-refractivity contribution is 0.0954. The molecule has 0 aromatic heterocycles. The van der Waals surface area contributed by atoms with E-state index in [9.17, 15) is 9.90 Å². The van der Waals surface area contributed by atoms with Gasteiger partial charge in [-0.1, -0.05) is 39.8 Å². The lowest BCUT2D eigenvalue weighted by Crippen LogP contribution is -2.25. The van der Waals surface area contributed by atoms with E-state index < -0.39 is 0 Å². The van der Waals surface area contributed by atoms with Crippen LogP contribution in [0.25, 0.3) is 10.8 Å². The van der Waals surface area contributed by atoms with Crippen LogP contribution in [-0.4, -0.2) is 31.2 Å². The van der Waals surface area contributed by atoms with Gasteiger partial charge in [-0.25, -0.2) is 0 Å². The van der Waals surface area contributed by atoms with Crippen molar-refractivity contribution in [1.29, 1.82) is 0 Å². The number of aromatic hydroxyl groups is 1. The van der Waals surface area contributed by atoms with Gasteiger partial charge in [0.15, 0.2) is 0 Å².